The molecule has 0 saturated heterocycles. The number of aromatic nitrogens is 4. The normalized spacial score (nSPS) is 18.4. The van der Waals surface area contributed by atoms with Gasteiger partial charge in [0.2, 0.25) is 0 Å². The molecule has 3 heterocycles. The number of pyridine rings is 1. The van der Waals surface area contributed by atoms with Gasteiger partial charge in [0.1, 0.15) is 17.5 Å². The molecule has 0 radical (unpaired) electrons. The fourth-order valence-electron chi connectivity index (χ4n) is 2.12. The summed E-state index contributed by atoms with van der Waals surface area (Å²) in [6.07, 6.45) is 0. The van der Waals surface area contributed by atoms with Crippen LogP contribution in [0.15, 0.2) is 18.2 Å². The van der Waals surface area contributed by atoms with Gasteiger partial charge in [-0.05, 0) is 19.1 Å². The molecular formula is C12H13N7. The van der Waals surface area contributed by atoms with E-state index in [2.05, 4.69) is 26.0 Å². The summed E-state index contributed by atoms with van der Waals surface area (Å²) in [6, 6.07) is 7.43. The Labute approximate surface area is 110 Å². The smallest absolute Gasteiger partial charge is 0.182 e. The van der Waals surface area contributed by atoms with Gasteiger partial charge in [-0.25, -0.2) is 10.4 Å². The Balaban J connectivity index is 2.09. The molecule has 0 spiro atoms. The number of hydrazine groups is 1. The lowest BCUT2D eigenvalue weighted by Crippen LogP contribution is -2.33. The number of hydrogen-bond acceptors (Lipinski definition) is 6. The predicted molar refractivity (Wildman–Crippen MR) is 67.5 cm³/mol. The van der Waals surface area contributed by atoms with Crippen LogP contribution in [0.25, 0.3) is 11.5 Å². The van der Waals surface area contributed by atoms with Gasteiger partial charge in [0.05, 0.1) is 6.04 Å². The van der Waals surface area contributed by atoms with Crippen LogP contribution < -0.4 is 10.9 Å². The molecule has 0 aliphatic carbocycles. The van der Waals surface area contributed by atoms with Crippen molar-refractivity contribution in [2.24, 2.45) is 0 Å². The summed E-state index contributed by atoms with van der Waals surface area (Å²) < 4.78 is 2.03. The second kappa shape index (κ2) is 4.76. The Hall–Kier alpha value is -2.30. The summed E-state index contributed by atoms with van der Waals surface area (Å²) >= 11 is 0. The standard InChI is InChI=1S/C12H13N7/c1-8-11-17-18-12(19(11)6-5-14-16-8)10-4-2-3-9(7-13)15-10/h2-4,8,14,16H,5-6H2,1H3/t8-/m0/s1. The zero-order valence-corrected chi connectivity index (χ0v) is 10.5. The fraction of sp³-hybridized carbons (Fsp3) is 0.333. The number of nitriles is 1. The largest absolute Gasteiger partial charge is 0.307 e. The molecule has 1 aliphatic rings. The third-order valence-corrected chi connectivity index (χ3v) is 3.04. The second-order valence-corrected chi connectivity index (χ2v) is 4.35. The summed E-state index contributed by atoms with van der Waals surface area (Å²) in [6.45, 7) is 3.55. The van der Waals surface area contributed by atoms with E-state index >= 15 is 0 Å². The van der Waals surface area contributed by atoms with Crippen molar-refractivity contribution in [3.8, 4) is 17.6 Å². The Morgan fingerprint density at radius 2 is 2.32 bits per heavy atom. The lowest BCUT2D eigenvalue weighted by atomic mass is 10.3. The van der Waals surface area contributed by atoms with E-state index < -0.39 is 0 Å². The third-order valence-electron chi connectivity index (χ3n) is 3.04. The number of rotatable bonds is 1. The first kappa shape index (κ1) is 11.8. The van der Waals surface area contributed by atoms with Crippen molar-refractivity contribution >= 4 is 0 Å². The minimum atomic E-state index is 0.0721. The molecule has 19 heavy (non-hydrogen) atoms. The molecule has 1 atom stereocenters. The number of hydrogen-bond donors (Lipinski definition) is 2. The average Bonchev–Trinajstić information content (AvgIpc) is 2.79. The van der Waals surface area contributed by atoms with Crippen LogP contribution >= 0.6 is 0 Å². The Morgan fingerprint density at radius 1 is 1.42 bits per heavy atom. The van der Waals surface area contributed by atoms with Crippen molar-refractivity contribution < 1.29 is 0 Å². The van der Waals surface area contributed by atoms with Gasteiger partial charge in [-0.15, -0.1) is 10.2 Å². The van der Waals surface area contributed by atoms with Crippen molar-refractivity contribution in [3.05, 3.63) is 29.7 Å². The predicted octanol–water partition coefficient (Wildman–Crippen LogP) is 0.381. The highest BCUT2D eigenvalue weighted by Gasteiger charge is 2.21. The molecule has 0 aromatic carbocycles. The van der Waals surface area contributed by atoms with Crippen LogP contribution in [-0.4, -0.2) is 26.3 Å². The molecule has 0 saturated carbocycles. The van der Waals surface area contributed by atoms with Crippen molar-refractivity contribution in [1.82, 2.24) is 30.6 Å². The zero-order chi connectivity index (χ0) is 13.2. The molecule has 2 N–H and O–H groups in total. The van der Waals surface area contributed by atoms with Crippen LogP contribution in [0.1, 0.15) is 24.5 Å². The van der Waals surface area contributed by atoms with Crippen LogP contribution in [0.3, 0.4) is 0 Å². The summed E-state index contributed by atoms with van der Waals surface area (Å²) in [4.78, 5) is 4.27. The van der Waals surface area contributed by atoms with Crippen LogP contribution in [0.2, 0.25) is 0 Å². The minimum absolute atomic E-state index is 0.0721. The lowest BCUT2D eigenvalue weighted by molar-refractivity contribution is 0.475. The summed E-state index contributed by atoms with van der Waals surface area (Å²) in [5.41, 5.74) is 7.32. The fourth-order valence-corrected chi connectivity index (χ4v) is 2.12. The van der Waals surface area contributed by atoms with Crippen LogP contribution in [0, 0.1) is 11.3 Å². The van der Waals surface area contributed by atoms with E-state index in [0.29, 0.717) is 17.2 Å². The topological polar surface area (TPSA) is 91.5 Å². The van der Waals surface area contributed by atoms with Gasteiger partial charge in [0, 0.05) is 13.1 Å². The second-order valence-electron chi connectivity index (χ2n) is 4.35. The maximum Gasteiger partial charge on any atom is 0.182 e. The molecule has 0 amide bonds. The molecule has 7 nitrogen and oxygen atoms in total. The SMILES string of the molecule is C[C@@H]1NNCCn2c(-c3cccc(C#N)n3)nnc21. The molecule has 96 valence electrons. The summed E-state index contributed by atoms with van der Waals surface area (Å²) in [7, 11) is 0. The quantitative estimate of drug-likeness (QED) is 0.765. The van der Waals surface area contributed by atoms with E-state index in [4.69, 9.17) is 5.26 Å². The van der Waals surface area contributed by atoms with E-state index in [0.717, 1.165) is 18.9 Å². The molecule has 2 aromatic rings. The van der Waals surface area contributed by atoms with Crippen molar-refractivity contribution in [1.29, 1.82) is 5.26 Å². The van der Waals surface area contributed by atoms with Gasteiger partial charge >= 0.3 is 0 Å². The lowest BCUT2D eigenvalue weighted by Gasteiger charge is -2.09. The highest BCUT2D eigenvalue weighted by molar-refractivity contribution is 5.51. The van der Waals surface area contributed by atoms with Gasteiger partial charge < -0.3 is 4.57 Å². The molecule has 1 aliphatic heterocycles. The first-order chi connectivity index (χ1) is 9.29. The molecule has 0 bridgehead atoms. The summed E-state index contributed by atoms with van der Waals surface area (Å²) in [5.74, 6) is 1.56. The molecule has 2 aromatic heterocycles. The first-order valence-corrected chi connectivity index (χ1v) is 6.08. The molecular weight excluding hydrogens is 242 g/mol. The molecule has 0 fully saturated rings. The van der Waals surface area contributed by atoms with E-state index in [1.807, 2.05) is 23.6 Å². The number of nitrogens with zero attached hydrogens (tertiary/aromatic N) is 5. The maximum atomic E-state index is 8.91. The van der Waals surface area contributed by atoms with Gasteiger partial charge in [0.15, 0.2) is 11.6 Å². The van der Waals surface area contributed by atoms with Crippen LogP contribution in [-0.2, 0) is 6.54 Å². The van der Waals surface area contributed by atoms with Gasteiger partial charge in [-0.3, -0.25) is 5.43 Å². The highest BCUT2D eigenvalue weighted by atomic mass is 15.4. The minimum Gasteiger partial charge on any atom is -0.307 e. The van der Waals surface area contributed by atoms with Crippen LogP contribution in [0.5, 0.6) is 0 Å². The van der Waals surface area contributed by atoms with Crippen molar-refractivity contribution in [3.63, 3.8) is 0 Å². The zero-order valence-electron chi connectivity index (χ0n) is 10.5. The van der Waals surface area contributed by atoms with Crippen LogP contribution in [0.4, 0.5) is 0 Å². The van der Waals surface area contributed by atoms with Crippen molar-refractivity contribution in [2.45, 2.75) is 19.5 Å². The van der Waals surface area contributed by atoms with E-state index in [9.17, 15) is 0 Å². The van der Waals surface area contributed by atoms with Crippen molar-refractivity contribution in [2.75, 3.05) is 6.54 Å². The van der Waals surface area contributed by atoms with Gasteiger partial charge in [-0.1, -0.05) is 6.07 Å². The monoisotopic (exact) mass is 255 g/mol. The summed E-state index contributed by atoms with van der Waals surface area (Å²) in [5, 5.41) is 17.3. The number of nitrogens with one attached hydrogen (secondary N) is 2. The van der Waals surface area contributed by atoms with E-state index in [1.165, 1.54) is 0 Å². The van der Waals surface area contributed by atoms with Gasteiger partial charge in [0.25, 0.3) is 0 Å². The van der Waals surface area contributed by atoms with E-state index in [-0.39, 0.29) is 6.04 Å². The third kappa shape index (κ3) is 2.07. The Bertz CT molecular complexity index is 640. The number of fused-ring (bicyclic) bond motifs is 1. The highest BCUT2D eigenvalue weighted by Crippen LogP contribution is 2.20. The van der Waals surface area contributed by atoms with E-state index in [1.54, 1.807) is 12.1 Å². The maximum absolute atomic E-state index is 8.91. The molecule has 3 rings (SSSR count). The Morgan fingerprint density at radius 3 is 3.16 bits per heavy atom. The molecule has 0 unspecified atom stereocenters. The van der Waals surface area contributed by atoms with Gasteiger partial charge in [-0.2, -0.15) is 5.26 Å². The average molecular weight is 255 g/mol. The first-order valence-electron chi connectivity index (χ1n) is 6.08. The Kier molecular flexibility index (Phi) is 2.95. The molecule has 7 heteroatoms.